The Morgan fingerprint density at radius 2 is 1.89 bits per heavy atom. The van der Waals surface area contributed by atoms with Crippen LogP contribution >= 0.6 is 11.3 Å². The van der Waals surface area contributed by atoms with Gasteiger partial charge in [-0.1, -0.05) is 65.0 Å². The van der Waals surface area contributed by atoms with Gasteiger partial charge >= 0.3 is 0 Å². The summed E-state index contributed by atoms with van der Waals surface area (Å²) >= 11 is 1.70. The molecule has 0 amide bonds. The highest BCUT2D eigenvalue weighted by molar-refractivity contribution is 7.85. The van der Waals surface area contributed by atoms with Crippen molar-refractivity contribution in [3.8, 4) is 10.6 Å². The number of fused-ring (bicyclic) bond motifs is 2. The van der Waals surface area contributed by atoms with E-state index in [0.717, 1.165) is 83.8 Å². The third-order valence-corrected chi connectivity index (χ3v) is 14.0. The van der Waals surface area contributed by atoms with Crippen molar-refractivity contribution in [2.75, 3.05) is 63.6 Å². The Balaban J connectivity index is 1.15. The maximum atomic E-state index is 12.7. The predicted octanol–water partition coefficient (Wildman–Crippen LogP) is 8.13. The number of nitrogens with zero attached hydrogens (tertiary/aromatic N) is 4. The zero-order chi connectivity index (χ0) is 44.0. The van der Waals surface area contributed by atoms with Gasteiger partial charge in [0.2, 0.25) is 0 Å². The highest BCUT2D eigenvalue weighted by atomic mass is 32.2. The number of benzene rings is 2. The fourth-order valence-corrected chi connectivity index (χ4v) is 11.3. The lowest BCUT2D eigenvalue weighted by molar-refractivity contribution is -0.0368. The molecule has 1 saturated carbocycles. The average molecular weight is 872 g/mol. The summed E-state index contributed by atoms with van der Waals surface area (Å²) in [4.78, 5) is 26.8. The van der Waals surface area contributed by atoms with E-state index in [4.69, 9.17) is 20.1 Å². The van der Waals surface area contributed by atoms with E-state index in [2.05, 4.69) is 85.4 Å². The minimum absolute atomic E-state index is 0.0109. The van der Waals surface area contributed by atoms with Gasteiger partial charge in [0.05, 0.1) is 28.7 Å². The molecule has 2 aliphatic rings. The summed E-state index contributed by atoms with van der Waals surface area (Å²) in [6.45, 7) is 18.3. The molecule has 3 unspecified atom stereocenters. The molecule has 61 heavy (non-hydrogen) atoms. The standard InChI is InChI=1S/C47H65N7O5S2/c1-33(50-32-46(5)26-42(47(6,31-46)30-45(2,3)4)59-24-22-53(20-11-19-49-7)23-25-61(56,57)58)37(27-48)35-16-17-43(51-40(35)29-55)54-21-18-34-12-10-13-36(38(34)28-54)44-52-39-14-8-9-15-41(39)60-44/h8-10,12-17,27,29,42,48-50H,11,18-26,28,30-32H2,1-7H3,(H,56,57,58)/b37-33+,48-27?. The van der Waals surface area contributed by atoms with E-state index in [9.17, 15) is 17.8 Å². The summed E-state index contributed by atoms with van der Waals surface area (Å²) in [6, 6.07) is 18.6. The van der Waals surface area contributed by atoms with Crippen LogP contribution in [-0.2, 0) is 27.8 Å². The van der Waals surface area contributed by atoms with Crippen molar-refractivity contribution in [1.29, 1.82) is 5.41 Å². The number of rotatable bonds is 20. The minimum atomic E-state index is -4.06. The molecule has 3 heterocycles. The van der Waals surface area contributed by atoms with Crippen molar-refractivity contribution in [3.05, 3.63) is 82.7 Å². The fraction of sp³-hybridized carbons (Fsp3) is 0.532. The fourth-order valence-electron chi connectivity index (χ4n) is 9.77. The topological polar surface area (TPSA) is 161 Å². The maximum absolute atomic E-state index is 12.7. The van der Waals surface area contributed by atoms with Crippen molar-refractivity contribution in [1.82, 2.24) is 25.5 Å². The number of para-hydroxylation sites is 1. The number of hydrogen-bond donors (Lipinski definition) is 4. The van der Waals surface area contributed by atoms with Crippen LogP contribution in [0, 0.1) is 21.7 Å². The number of thiazole rings is 1. The van der Waals surface area contributed by atoms with E-state index >= 15 is 0 Å². The van der Waals surface area contributed by atoms with Crippen LogP contribution < -0.4 is 15.5 Å². The molecule has 1 aliphatic carbocycles. The lowest BCUT2D eigenvalue weighted by Crippen LogP contribution is -2.37. The normalized spacial score (nSPS) is 21.1. The molecule has 12 nitrogen and oxygen atoms in total. The van der Waals surface area contributed by atoms with Crippen LogP contribution in [0.1, 0.15) is 94.4 Å². The third-order valence-electron chi connectivity index (χ3n) is 12.3. The number of pyridine rings is 1. The number of allylic oxidation sites excluding steroid dienone is 2. The first-order chi connectivity index (χ1) is 28.9. The number of aldehydes is 1. The monoisotopic (exact) mass is 871 g/mol. The second kappa shape index (κ2) is 19.6. The Morgan fingerprint density at radius 1 is 1.10 bits per heavy atom. The molecule has 2 aromatic carbocycles. The molecule has 0 saturated heterocycles. The summed E-state index contributed by atoms with van der Waals surface area (Å²) in [7, 11) is -2.17. The highest BCUT2D eigenvalue weighted by Crippen LogP contribution is 2.55. The molecule has 3 atom stereocenters. The van der Waals surface area contributed by atoms with Gasteiger partial charge in [0.1, 0.15) is 16.5 Å². The van der Waals surface area contributed by atoms with Gasteiger partial charge in [0.15, 0.2) is 6.29 Å². The molecular weight excluding hydrogens is 807 g/mol. The van der Waals surface area contributed by atoms with Gasteiger partial charge in [-0.3, -0.25) is 14.2 Å². The molecule has 4 aromatic rings. The van der Waals surface area contributed by atoms with Crippen molar-refractivity contribution in [2.24, 2.45) is 16.2 Å². The number of carbonyl (C=O) groups is 1. The molecule has 0 bridgehead atoms. The largest absolute Gasteiger partial charge is 0.387 e. The second-order valence-corrected chi connectivity index (χ2v) is 21.5. The number of carbonyl (C=O) groups excluding carboxylic acids is 1. The SMILES string of the molecule is CNCCCN(CCOC1CC(C)(CN/C(C)=C(\C=N)c2ccc(N3CCc4cccc(-c5nc6ccccc6s5)c4C3)nc2C=O)CC1(C)CC(C)(C)C)CCS(=O)(=O)O. The molecular formula is C47H65N7O5S2. The lowest BCUT2D eigenvalue weighted by Gasteiger charge is -2.38. The van der Waals surface area contributed by atoms with Gasteiger partial charge in [-0.15, -0.1) is 11.3 Å². The van der Waals surface area contributed by atoms with Crippen LogP contribution in [0.15, 0.2) is 60.3 Å². The Labute approximate surface area is 366 Å². The maximum Gasteiger partial charge on any atom is 0.266 e. The van der Waals surface area contributed by atoms with Crippen molar-refractivity contribution in [3.63, 3.8) is 0 Å². The second-order valence-electron chi connectivity index (χ2n) is 18.9. The molecule has 6 rings (SSSR count). The molecule has 14 heteroatoms. The lowest BCUT2D eigenvalue weighted by atomic mass is 9.71. The predicted molar refractivity (Wildman–Crippen MR) is 249 cm³/mol. The van der Waals surface area contributed by atoms with Gasteiger partial charge in [0.25, 0.3) is 10.1 Å². The Hall–Kier alpha value is -4.05. The summed E-state index contributed by atoms with van der Waals surface area (Å²) in [5, 5.41) is 16.3. The summed E-state index contributed by atoms with van der Waals surface area (Å²) < 4.78 is 40.4. The van der Waals surface area contributed by atoms with E-state index in [0.29, 0.717) is 49.6 Å². The molecule has 2 aromatic heterocycles. The third kappa shape index (κ3) is 11.9. The number of hydrogen-bond acceptors (Lipinski definition) is 12. The Bertz CT molecular complexity index is 2290. The van der Waals surface area contributed by atoms with Crippen LogP contribution in [0.3, 0.4) is 0 Å². The summed E-state index contributed by atoms with van der Waals surface area (Å²) in [5.74, 6) is 0.425. The molecule has 4 N–H and O–H groups in total. The first-order valence-electron chi connectivity index (χ1n) is 21.5. The van der Waals surface area contributed by atoms with Gasteiger partial charge in [-0.05, 0) is 111 Å². The zero-order valence-electron chi connectivity index (χ0n) is 37.0. The number of ether oxygens (including phenoxy) is 1. The van der Waals surface area contributed by atoms with Crippen molar-refractivity contribution >= 4 is 55.6 Å². The first kappa shape index (κ1) is 46.5. The van der Waals surface area contributed by atoms with Gasteiger partial charge in [-0.2, -0.15) is 8.42 Å². The number of nitrogens with one attached hydrogen (secondary N) is 3. The van der Waals surface area contributed by atoms with Gasteiger partial charge in [0, 0.05) is 61.3 Å². The van der Waals surface area contributed by atoms with Crippen LogP contribution in [0.25, 0.3) is 26.4 Å². The summed E-state index contributed by atoms with van der Waals surface area (Å²) in [6.07, 6.45) is 6.55. The zero-order valence-corrected chi connectivity index (χ0v) is 38.6. The van der Waals surface area contributed by atoms with Gasteiger partial charge < -0.3 is 25.7 Å². The van der Waals surface area contributed by atoms with Crippen LogP contribution in [-0.4, -0.2) is 105 Å². The molecule has 330 valence electrons. The number of anilines is 1. The molecule has 1 aliphatic heterocycles. The van der Waals surface area contributed by atoms with E-state index < -0.39 is 10.1 Å². The van der Waals surface area contributed by atoms with Crippen LogP contribution in [0.4, 0.5) is 5.82 Å². The molecule has 0 radical (unpaired) electrons. The quantitative estimate of drug-likeness (QED) is 0.0294. The van der Waals surface area contributed by atoms with E-state index in [1.807, 2.05) is 38.2 Å². The van der Waals surface area contributed by atoms with Crippen molar-refractivity contribution < 1.29 is 22.5 Å². The van der Waals surface area contributed by atoms with E-state index in [1.54, 1.807) is 11.3 Å². The van der Waals surface area contributed by atoms with Gasteiger partial charge in [-0.25, -0.2) is 9.97 Å². The Morgan fingerprint density at radius 3 is 2.59 bits per heavy atom. The first-order valence-corrected chi connectivity index (χ1v) is 23.9. The number of aromatic nitrogens is 2. The van der Waals surface area contributed by atoms with Crippen LogP contribution in [0.5, 0.6) is 0 Å². The van der Waals surface area contributed by atoms with Crippen molar-refractivity contribution in [2.45, 2.75) is 86.3 Å². The summed E-state index contributed by atoms with van der Waals surface area (Å²) in [5.41, 5.74) is 6.88. The highest BCUT2D eigenvalue weighted by Gasteiger charge is 2.51. The molecule has 1 fully saturated rings. The smallest absolute Gasteiger partial charge is 0.266 e. The van der Waals surface area contributed by atoms with E-state index in [1.165, 1.54) is 17.3 Å². The van der Waals surface area contributed by atoms with Crippen LogP contribution in [0.2, 0.25) is 0 Å². The minimum Gasteiger partial charge on any atom is -0.387 e. The molecule has 0 spiro atoms. The Kier molecular flexibility index (Phi) is 14.9. The average Bonchev–Trinajstić information content (AvgIpc) is 3.75. The van der Waals surface area contributed by atoms with E-state index in [-0.39, 0.29) is 34.6 Å².